The fourth-order valence-corrected chi connectivity index (χ4v) is 3.53. The minimum atomic E-state index is -3.89. The first-order chi connectivity index (χ1) is 6.36. The molecule has 2 N–H and O–H groups in total. The van der Waals surface area contributed by atoms with Crippen LogP contribution in [0.3, 0.4) is 0 Å². The van der Waals surface area contributed by atoms with E-state index >= 15 is 0 Å². The minimum absolute atomic E-state index is 0.0260. The summed E-state index contributed by atoms with van der Waals surface area (Å²) in [6.07, 6.45) is 0. The van der Waals surface area contributed by atoms with E-state index in [1.54, 1.807) is 0 Å². The van der Waals surface area contributed by atoms with Crippen LogP contribution in [0.25, 0.3) is 0 Å². The third-order valence-corrected chi connectivity index (χ3v) is 4.03. The molecule has 0 amide bonds. The zero-order chi connectivity index (χ0) is 10.9. The van der Waals surface area contributed by atoms with Crippen LogP contribution in [0.5, 0.6) is 0 Å². The summed E-state index contributed by atoms with van der Waals surface area (Å²) in [6.45, 7) is 0. The molecule has 0 saturated carbocycles. The SMILES string of the molecule is COC(=O)c1sc(Br)cc1S(N)(=O)=O. The van der Waals surface area contributed by atoms with Crippen molar-refractivity contribution in [1.29, 1.82) is 0 Å². The lowest BCUT2D eigenvalue weighted by molar-refractivity contribution is 0.0602. The molecule has 0 bridgehead atoms. The first kappa shape index (κ1) is 11.6. The number of sulfonamides is 1. The molecule has 1 heterocycles. The third kappa shape index (κ3) is 2.32. The van der Waals surface area contributed by atoms with E-state index in [4.69, 9.17) is 5.14 Å². The Morgan fingerprint density at radius 1 is 1.64 bits per heavy atom. The molecule has 0 atom stereocenters. The molecule has 0 aliphatic heterocycles. The van der Waals surface area contributed by atoms with E-state index in [-0.39, 0.29) is 9.77 Å². The van der Waals surface area contributed by atoms with Gasteiger partial charge in [0.05, 0.1) is 10.9 Å². The fraction of sp³-hybridized carbons (Fsp3) is 0.167. The largest absolute Gasteiger partial charge is 0.465 e. The number of primary sulfonamides is 1. The van der Waals surface area contributed by atoms with Gasteiger partial charge in [0.15, 0.2) is 0 Å². The quantitative estimate of drug-likeness (QED) is 0.824. The second-order valence-electron chi connectivity index (χ2n) is 2.28. The van der Waals surface area contributed by atoms with Crippen molar-refractivity contribution in [1.82, 2.24) is 0 Å². The molecular weight excluding hydrogens is 294 g/mol. The number of carbonyl (C=O) groups is 1. The highest BCUT2D eigenvalue weighted by Gasteiger charge is 2.23. The summed E-state index contributed by atoms with van der Waals surface area (Å²) in [5, 5.41) is 4.91. The number of halogens is 1. The van der Waals surface area contributed by atoms with Gasteiger partial charge in [0.1, 0.15) is 9.77 Å². The van der Waals surface area contributed by atoms with Gasteiger partial charge in [-0.2, -0.15) is 0 Å². The number of carbonyl (C=O) groups excluding carboxylic acids is 1. The Kier molecular flexibility index (Phi) is 3.30. The van der Waals surface area contributed by atoms with Crippen molar-refractivity contribution in [2.45, 2.75) is 4.90 Å². The summed E-state index contributed by atoms with van der Waals surface area (Å²) in [7, 11) is -2.72. The van der Waals surface area contributed by atoms with Crippen LogP contribution in [0.15, 0.2) is 14.7 Å². The Hall–Kier alpha value is -0.440. The van der Waals surface area contributed by atoms with E-state index < -0.39 is 16.0 Å². The topological polar surface area (TPSA) is 86.5 Å². The van der Waals surface area contributed by atoms with Crippen LogP contribution >= 0.6 is 27.3 Å². The van der Waals surface area contributed by atoms with Gasteiger partial charge in [0, 0.05) is 0 Å². The van der Waals surface area contributed by atoms with Gasteiger partial charge in [-0.05, 0) is 22.0 Å². The second-order valence-corrected chi connectivity index (χ2v) is 6.24. The van der Waals surface area contributed by atoms with E-state index in [0.29, 0.717) is 3.79 Å². The van der Waals surface area contributed by atoms with Gasteiger partial charge in [-0.1, -0.05) is 0 Å². The smallest absolute Gasteiger partial charge is 0.349 e. The highest BCUT2D eigenvalue weighted by molar-refractivity contribution is 9.11. The van der Waals surface area contributed by atoms with Gasteiger partial charge in [-0.3, -0.25) is 0 Å². The lowest BCUT2D eigenvalue weighted by Crippen LogP contribution is -2.15. The molecule has 0 unspecified atom stereocenters. The summed E-state index contributed by atoms with van der Waals surface area (Å²) >= 11 is 4.02. The number of rotatable bonds is 2. The maximum absolute atomic E-state index is 11.1. The van der Waals surface area contributed by atoms with Gasteiger partial charge in [-0.25, -0.2) is 18.4 Å². The van der Waals surface area contributed by atoms with Crippen LogP contribution in [-0.2, 0) is 14.8 Å². The summed E-state index contributed by atoms with van der Waals surface area (Å²) in [4.78, 5) is 10.9. The second kappa shape index (κ2) is 3.97. The Balaban J connectivity index is 3.38. The molecule has 0 spiro atoms. The molecule has 0 saturated heterocycles. The molecule has 1 aromatic rings. The molecule has 78 valence electrons. The van der Waals surface area contributed by atoms with Crippen LogP contribution in [0, 0.1) is 0 Å². The van der Waals surface area contributed by atoms with Crippen molar-refractivity contribution in [2.75, 3.05) is 7.11 Å². The number of ether oxygens (including phenoxy) is 1. The fourth-order valence-electron chi connectivity index (χ4n) is 0.792. The van der Waals surface area contributed by atoms with Crippen LogP contribution in [-0.4, -0.2) is 21.5 Å². The zero-order valence-corrected chi connectivity index (χ0v) is 10.2. The van der Waals surface area contributed by atoms with Crippen molar-refractivity contribution in [3.8, 4) is 0 Å². The van der Waals surface area contributed by atoms with Gasteiger partial charge in [0.25, 0.3) is 0 Å². The highest BCUT2D eigenvalue weighted by atomic mass is 79.9. The highest BCUT2D eigenvalue weighted by Crippen LogP contribution is 2.30. The third-order valence-electron chi connectivity index (χ3n) is 1.35. The monoisotopic (exact) mass is 299 g/mol. The molecule has 0 aliphatic rings. The first-order valence-corrected chi connectivity index (χ1v) is 6.42. The maximum atomic E-state index is 11.1. The standard InChI is InChI=1S/C6H6BrNO4S2/c1-12-6(9)5-3(14(8,10)11)2-4(7)13-5/h2H,1H3,(H2,8,10,11). The Bertz CT molecular complexity index is 464. The predicted octanol–water partition coefficient (Wildman–Crippen LogP) is 0.945. The number of hydrogen-bond acceptors (Lipinski definition) is 5. The molecular formula is C6H6BrNO4S2. The normalized spacial score (nSPS) is 11.4. The van der Waals surface area contributed by atoms with Crippen molar-refractivity contribution in [3.63, 3.8) is 0 Å². The Morgan fingerprint density at radius 2 is 2.21 bits per heavy atom. The summed E-state index contributed by atoms with van der Waals surface area (Å²) in [6, 6.07) is 1.27. The van der Waals surface area contributed by atoms with Gasteiger partial charge in [-0.15, -0.1) is 11.3 Å². The summed E-state index contributed by atoms with van der Waals surface area (Å²) in [5.41, 5.74) is 0. The molecule has 14 heavy (non-hydrogen) atoms. The lowest BCUT2D eigenvalue weighted by Gasteiger charge is -1.98. The van der Waals surface area contributed by atoms with Crippen molar-refractivity contribution < 1.29 is 17.9 Å². The Labute approximate surface area is 93.0 Å². The number of esters is 1. The molecule has 0 aromatic carbocycles. The number of methoxy groups -OCH3 is 1. The molecule has 5 nitrogen and oxygen atoms in total. The molecule has 1 rings (SSSR count). The van der Waals surface area contributed by atoms with E-state index in [1.807, 2.05) is 0 Å². The Morgan fingerprint density at radius 3 is 2.64 bits per heavy atom. The lowest BCUT2D eigenvalue weighted by atomic mass is 10.5. The molecule has 0 aliphatic carbocycles. The van der Waals surface area contributed by atoms with Crippen LogP contribution < -0.4 is 5.14 Å². The van der Waals surface area contributed by atoms with E-state index in [9.17, 15) is 13.2 Å². The number of thiophene rings is 1. The molecule has 0 radical (unpaired) electrons. The van der Waals surface area contributed by atoms with E-state index in [2.05, 4.69) is 20.7 Å². The molecule has 8 heteroatoms. The van der Waals surface area contributed by atoms with Crippen LogP contribution in [0.4, 0.5) is 0 Å². The van der Waals surface area contributed by atoms with E-state index in [0.717, 1.165) is 11.3 Å². The average Bonchev–Trinajstić information content (AvgIpc) is 2.45. The van der Waals surface area contributed by atoms with Gasteiger partial charge >= 0.3 is 5.97 Å². The molecule has 0 fully saturated rings. The summed E-state index contributed by atoms with van der Waals surface area (Å²) in [5.74, 6) is -0.718. The van der Waals surface area contributed by atoms with Gasteiger partial charge in [0.2, 0.25) is 10.0 Å². The first-order valence-electron chi connectivity index (χ1n) is 3.26. The number of hydrogen-bond donors (Lipinski definition) is 1. The van der Waals surface area contributed by atoms with Gasteiger partial charge < -0.3 is 4.74 Å². The van der Waals surface area contributed by atoms with Crippen molar-refractivity contribution >= 4 is 43.3 Å². The zero-order valence-electron chi connectivity index (χ0n) is 6.98. The molecule has 1 aromatic heterocycles. The average molecular weight is 300 g/mol. The number of nitrogens with two attached hydrogens (primary N) is 1. The predicted molar refractivity (Wildman–Crippen MR) is 54.7 cm³/mol. The minimum Gasteiger partial charge on any atom is -0.465 e. The van der Waals surface area contributed by atoms with Crippen molar-refractivity contribution in [3.05, 3.63) is 14.7 Å². The van der Waals surface area contributed by atoms with Crippen molar-refractivity contribution in [2.24, 2.45) is 5.14 Å². The summed E-state index contributed by atoms with van der Waals surface area (Å²) < 4.78 is 27.0. The van der Waals surface area contributed by atoms with Crippen LogP contribution in [0.2, 0.25) is 0 Å². The maximum Gasteiger partial charge on any atom is 0.349 e. The van der Waals surface area contributed by atoms with E-state index in [1.165, 1.54) is 13.2 Å². The van der Waals surface area contributed by atoms with Crippen LogP contribution in [0.1, 0.15) is 9.67 Å².